The number of aromatic nitrogens is 3. The fourth-order valence-electron chi connectivity index (χ4n) is 3.17. The minimum atomic E-state index is -0.527. The van der Waals surface area contributed by atoms with E-state index in [1.807, 2.05) is 41.0 Å². The van der Waals surface area contributed by atoms with Crippen molar-refractivity contribution in [1.29, 1.82) is 0 Å². The molecule has 2 aromatic heterocycles. The second-order valence-electron chi connectivity index (χ2n) is 6.33. The monoisotopic (exact) mass is 370 g/mol. The maximum atomic E-state index is 12.5. The second kappa shape index (κ2) is 6.24. The molecule has 0 spiro atoms. The Bertz CT molecular complexity index is 1380. The molecule has 0 fully saturated rings. The van der Waals surface area contributed by atoms with Gasteiger partial charge in [-0.25, -0.2) is 9.78 Å². The van der Waals surface area contributed by atoms with Crippen LogP contribution in [0.1, 0.15) is 10.4 Å². The van der Waals surface area contributed by atoms with Gasteiger partial charge in [0.05, 0.1) is 16.6 Å². The molecular weight excluding hydrogens is 356 g/mol. The van der Waals surface area contributed by atoms with Gasteiger partial charge in [-0.1, -0.05) is 12.1 Å². The lowest BCUT2D eigenvalue weighted by molar-refractivity contribution is 0.102. The van der Waals surface area contributed by atoms with Crippen LogP contribution in [0.15, 0.2) is 82.3 Å². The Hall–Kier alpha value is -4.13. The summed E-state index contributed by atoms with van der Waals surface area (Å²) in [6, 6.07) is 20.1. The average molecular weight is 370 g/mol. The molecule has 5 aromatic rings. The van der Waals surface area contributed by atoms with Crippen LogP contribution in [0.3, 0.4) is 0 Å². The van der Waals surface area contributed by atoms with E-state index in [0.29, 0.717) is 22.4 Å². The molecule has 0 aliphatic heterocycles. The first-order valence-electron chi connectivity index (χ1n) is 8.64. The fourth-order valence-corrected chi connectivity index (χ4v) is 3.17. The molecule has 0 atom stereocenters. The predicted octanol–water partition coefficient (Wildman–Crippen LogP) is 3.71. The van der Waals surface area contributed by atoms with E-state index in [4.69, 9.17) is 4.42 Å². The molecule has 136 valence electrons. The van der Waals surface area contributed by atoms with E-state index in [9.17, 15) is 9.59 Å². The Morgan fingerprint density at radius 3 is 2.71 bits per heavy atom. The first kappa shape index (κ1) is 16.1. The van der Waals surface area contributed by atoms with Gasteiger partial charge in [0.2, 0.25) is 0 Å². The minimum absolute atomic E-state index is 0.243. The number of oxazole rings is 1. The van der Waals surface area contributed by atoms with Crippen molar-refractivity contribution in [2.24, 2.45) is 0 Å². The minimum Gasteiger partial charge on any atom is -0.408 e. The third kappa shape index (κ3) is 2.75. The summed E-state index contributed by atoms with van der Waals surface area (Å²) in [6.07, 6.45) is 1.76. The number of imidazole rings is 1. The highest BCUT2D eigenvalue weighted by Gasteiger charge is 2.09. The number of aromatic amines is 1. The Morgan fingerprint density at radius 2 is 1.86 bits per heavy atom. The van der Waals surface area contributed by atoms with Gasteiger partial charge in [0.25, 0.3) is 5.91 Å². The number of rotatable bonds is 3. The van der Waals surface area contributed by atoms with Crippen LogP contribution < -0.4 is 11.1 Å². The molecule has 0 aliphatic rings. The molecule has 1 amide bonds. The van der Waals surface area contributed by atoms with Crippen molar-refractivity contribution in [3.05, 3.63) is 89.2 Å². The van der Waals surface area contributed by atoms with Crippen molar-refractivity contribution in [2.45, 2.75) is 0 Å². The molecule has 3 aromatic carbocycles. The molecule has 2 heterocycles. The van der Waals surface area contributed by atoms with Crippen LogP contribution in [0.2, 0.25) is 0 Å². The third-order valence-electron chi connectivity index (χ3n) is 4.54. The highest BCUT2D eigenvalue weighted by Crippen LogP contribution is 2.20. The number of H-pyrrole nitrogens is 1. The van der Waals surface area contributed by atoms with Gasteiger partial charge >= 0.3 is 5.76 Å². The largest absolute Gasteiger partial charge is 0.417 e. The van der Waals surface area contributed by atoms with Crippen LogP contribution in [-0.4, -0.2) is 20.4 Å². The van der Waals surface area contributed by atoms with E-state index < -0.39 is 5.76 Å². The number of fused-ring (bicyclic) bond motifs is 2. The summed E-state index contributed by atoms with van der Waals surface area (Å²) < 4.78 is 6.93. The Morgan fingerprint density at radius 1 is 1.04 bits per heavy atom. The zero-order valence-corrected chi connectivity index (χ0v) is 14.5. The average Bonchev–Trinajstić information content (AvgIpc) is 3.30. The van der Waals surface area contributed by atoms with Gasteiger partial charge < -0.3 is 9.73 Å². The van der Waals surface area contributed by atoms with Crippen LogP contribution in [0.5, 0.6) is 0 Å². The van der Waals surface area contributed by atoms with E-state index in [-0.39, 0.29) is 5.91 Å². The van der Waals surface area contributed by atoms with E-state index in [2.05, 4.69) is 15.3 Å². The third-order valence-corrected chi connectivity index (χ3v) is 4.54. The molecule has 2 N–H and O–H groups in total. The van der Waals surface area contributed by atoms with Gasteiger partial charge in [-0.15, -0.1) is 0 Å². The van der Waals surface area contributed by atoms with Crippen molar-refractivity contribution < 1.29 is 9.21 Å². The van der Waals surface area contributed by atoms with Gasteiger partial charge in [0.1, 0.15) is 6.33 Å². The Labute approximate surface area is 158 Å². The Balaban J connectivity index is 1.40. The SMILES string of the molecule is O=C(Nc1ccc2oc(=O)[nH]c2c1)c1ccc(-n2cnc3ccccc32)cc1. The lowest BCUT2D eigenvalue weighted by atomic mass is 10.2. The zero-order chi connectivity index (χ0) is 19.1. The topological polar surface area (TPSA) is 92.9 Å². The highest BCUT2D eigenvalue weighted by atomic mass is 16.4. The summed E-state index contributed by atoms with van der Waals surface area (Å²) in [4.78, 5) is 30.7. The number of carbonyl (C=O) groups excluding carboxylic acids is 1. The van der Waals surface area contributed by atoms with Gasteiger partial charge in [-0.2, -0.15) is 0 Å². The lowest BCUT2D eigenvalue weighted by Gasteiger charge is -2.07. The molecule has 0 radical (unpaired) electrons. The van der Waals surface area contributed by atoms with Crippen molar-refractivity contribution in [2.75, 3.05) is 5.32 Å². The van der Waals surface area contributed by atoms with Gasteiger partial charge in [-0.05, 0) is 54.6 Å². The summed E-state index contributed by atoms with van der Waals surface area (Å²) in [5.41, 5.74) is 4.90. The molecule has 0 bridgehead atoms. The molecule has 28 heavy (non-hydrogen) atoms. The van der Waals surface area contributed by atoms with Gasteiger partial charge in [-0.3, -0.25) is 14.3 Å². The van der Waals surface area contributed by atoms with Crippen LogP contribution in [-0.2, 0) is 0 Å². The van der Waals surface area contributed by atoms with Crippen LogP contribution in [0.25, 0.3) is 27.8 Å². The van der Waals surface area contributed by atoms with E-state index in [1.54, 1.807) is 36.7 Å². The number of para-hydroxylation sites is 2. The number of nitrogens with zero attached hydrogens (tertiary/aromatic N) is 2. The van der Waals surface area contributed by atoms with E-state index in [1.165, 1.54) is 0 Å². The quantitative estimate of drug-likeness (QED) is 0.506. The zero-order valence-electron chi connectivity index (χ0n) is 14.5. The Kier molecular flexibility index (Phi) is 3.58. The van der Waals surface area contributed by atoms with Crippen LogP contribution in [0.4, 0.5) is 5.69 Å². The number of amides is 1. The molecular formula is C21H14N4O3. The molecule has 5 rings (SSSR count). The number of hydrogen-bond acceptors (Lipinski definition) is 4. The summed E-state index contributed by atoms with van der Waals surface area (Å²) in [5, 5.41) is 2.82. The molecule has 0 saturated heterocycles. The number of carbonyl (C=O) groups is 1. The van der Waals surface area contributed by atoms with Gasteiger partial charge in [0, 0.05) is 16.9 Å². The first-order valence-corrected chi connectivity index (χ1v) is 8.64. The summed E-state index contributed by atoms with van der Waals surface area (Å²) in [6.45, 7) is 0. The van der Waals surface area contributed by atoms with Crippen molar-refractivity contribution in [3.63, 3.8) is 0 Å². The number of hydrogen-bond donors (Lipinski definition) is 2. The number of benzene rings is 3. The first-order chi connectivity index (χ1) is 13.7. The van der Waals surface area contributed by atoms with Crippen molar-refractivity contribution in [1.82, 2.24) is 14.5 Å². The molecule has 7 heteroatoms. The van der Waals surface area contributed by atoms with Crippen molar-refractivity contribution >= 4 is 33.7 Å². The maximum Gasteiger partial charge on any atom is 0.417 e. The second-order valence-corrected chi connectivity index (χ2v) is 6.33. The summed E-state index contributed by atoms with van der Waals surface area (Å²) >= 11 is 0. The molecule has 0 unspecified atom stereocenters. The maximum absolute atomic E-state index is 12.5. The lowest BCUT2D eigenvalue weighted by Crippen LogP contribution is -2.11. The molecule has 7 nitrogen and oxygen atoms in total. The smallest absolute Gasteiger partial charge is 0.408 e. The summed E-state index contributed by atoms with van der Waals surface area (Å²) in [5.74, 6) is -0.770. The predicted molar refractivity (Wildman–Crippen MR) is 106 cm³/mol. The fraction of sp³-hybridized carbons (Fsp3) is 0. The van der Waals surface area contributed by atoms with Crippen LogP contribution >= 0.6 is 0 Å². The van der Waals surface area contributed by atoms with Crippen LogP contribution in [0, 0.1) is 0 Å². The van der Waals surface area contributed by atoms with Gasteiger partial charge in [0.15, 0.2) is 5.58 Å². The molecule has 0 saturated carbocycles. The molecule has 0 aliphatic carbocycles. The van der Waals surface area contributed by atoms with E-state index >= 15 is 0 Å². The number of nitrogens with one attached hydrogen (secondary N) is 2. The number of anilines is 1. The summed E-state index contributed by atoms with van der Waals surface area (Å²) in [7, 11) is 0. The highest BCUT2D eigenvalue weighted by molar-refractivity contribution is 6.05. The normalized spacial score (nSPS) is 11.1. The van der Waals surface area contributed by atoms with E-state index in [0.717, 1.165) is 16.7 Å². The van der Waals surface area contributed by atoms with Crippen molar-refractivity contribution in [3.8, 4) is 5.69 Å². The standard InChI is InChI=1S/C21H14N4O3/c26-20(23-14-7-10-19-17(11-14)24-21(27)28-19)13-5-8-15(9-6-13)25-12-22-16-3-1-2-4-18(16)25/h1-12H,(H,23,26)(H,24,27).